The topological polar surface area (TPSA) is 66.8 Å². The highest BCUT2D eigenvalue weighted by Crippen LogP contribution is 2.16. The van der Waals surface area contributed by atoms with Crippen LogP contribution in [0.4, 0.5) is 4.79 Å². The van der Waals surface area contributed by atoms with Crippen LogP contribution in [-0.4, -0.2) is 16.4 Å². The number of aliphatic hydroxyl groups excluding tert-OH is 1. The molecule has 0 spiro atoms. The molecule has 0 saturated carbocycles. The molecule has 0 fully saturated rings. The number of hydrogen-bond donors (Lipinski definition) is 2. The van der Waals surface area contributed by atoms with Gasteiger partial charge in [-0.05, 0) is 30.2 Å². The molecule has 0 radical (unpaired) electrons. The number of hydrogen-bond acceptors (Lipinski definition) is 3. The first-order valence-electron chi connectivity index (χ1n) is 3.74. The Balaban J connectivity index is 2.94. The lowest BCUT2D eigenvalue weighted by atomic mass is 10.1. The zero-order valence-corrected chi connectivity index (χ0v) is 7.15. The van der Waals surface area contributed by atoms with Crippen molar-refractivity contribution >= 4 is 6.16 Å². The van der Waals surface area contributed by atoms with Crippen molar-refractivity contribution in [2.75, 3.05) is 0 Å². The minimum Gasteiger partial charge on any atom is -0.449 e. The van der Waals surface area contributed by atoms with E-state index >= 15 is 0 Å². The van der Waals surface area contributed by atoms with Crippen LogP contribution in [0.1, 0.15) is 11.1 Å². The molecule has 4 heteroatoms. The smallest absolute Gasteiger partial charge is 0.449 e. The van der Waals surface area contributed by atoms with Crippen LogP contribution in [0.15, 0.2) is 18.2 Å². The monoisotopic (exact) mass is 182 g/mol. The van der Waals surface area contributed by atoms with Crippen LogP contribution in [0.25, 0.3) is 0 Å². The van der Waals surface area contributed by atoms with Crippen molar-refractivity contribution in [1.29, 1.82) is 0 Å². The quantitative estimate of drug-likeness (QED) is 0.537. The molecule has 0 aliphatic heterocycles. The Morgan fingerprint density at radius 2 is 2.15 bits per heavy atom. The molecule has 0 aliphatic rings. The summed E-state index contributed by atoms with van der Waals surface area (Å²) >= 11 is 0. The van der Waals surface area contributed by atoms with Crippen LogP contribution < -0.4 is 4.74 Å². The highest BCUT2D eigenvalue weighted by Gasteiger charge is 2.02. The van der Waals surface area contributed by atoms with Crippen LogP contribution in [0, 0.1) is 6.92 Å². The lowest BCUT2D eigenvalue weighted by Crippen LogP contribution is -2.03. The van der Waals surface area contributed by atoms with Gasteiger partial charge in [0.05, 0.1) is 6.61 Å². The second kappa shape index (κ2) is 3.91. The van der Waals surface area contributed by atoms with Crippen molar-refractivity contribution in [3.8, 4) is 5.75 Å². The van der Waals surface area contributed by atoms with Gasteiger partial charge in [-0.3, -0.25) is 0 Å². The van der Waals surface area contributed by atoms with E-state index in [1.54, 1.807) is 19.1 Å². The molecule has 4 nitrogen and oxygen atoms in total. The third-order valence-corrected chi connectivity index (χ3v) is 1.50. The van der Waals surface area contributed by atoms with E-state index in [2.05, 4.69) is 4.74 Å². The van der Waals surface area contributed by atoms with Gasteiger partial charge in [-0.1, -0.05) is 6.07 Å². The molecule has 1 rings (SSSR count). The fourth-order valence-electron chi connectivity index (χ4n) is 1.08. The summed E-state index contributed by atoms with van der Waals surface area (Å²) in [7, 11) is 0. The number of carboxylic acid groups (broad SMARTS) is 1. The van der Waals surface area contributed by atoms with Crippen LogP contribution in [0.2, 0.25) is 0 Å². The lowest BCUT2D eigenvalue weighted by Gasteiger charge is -2.03. The average Bonchev–Trinajstić information content (AvgIpc) is 2.01. The summed E-state index contributed by atoms with van der Waals surface area (Å²) in [6, 6.07) is 4.84. The van der Waals surface area contributed by atoms with Crippen LogP contribution in [0.3, 0.4) is 0 Å². The van der Waals surface area contributed by atoms with E-state index in [0.29, 0.717) is 5.56 Å². The first-order valence-corrected chi connectivity index (χ1v) is 3.74. The Kier molecular flexibility index (Phi) is 2.87. The number of benzene rings is 1. The molecular formula is C9H10O4. The van der Waals surface area contributed by atoms with Gasteiger partial charge in [0.2, 0.25) is 0 Å². The Labute approximate surface area is 75.4 Å². The van der Waals surface area contributed by atoms with Crippen molar-refractivity contribution in [1.82, 2.24) is 0 Å². The van der Waals surface area contributed by atoms with Gasteiger partial charge in [0.1, 0.15) is 5.75 Å². The predicted octanol–water partition coefficient (Wildman–Crippen LogP) is 1.54. The first-order chi connectivity index (χ1) is 6.11. The summed E-state index contributed by atoms with van der Waals surface area (Å²) in [6.07, 6.45) is -1.35. The van der Waals surface area contributed by atoms with Crippen molar-refractivity contribution < 1.29 is 19.7 Å². The molecule has 0 aromatic heterocycles. The Morgan fingerprint density at radius 3 is 2.69 bits per heavy atom. The van der Waals surface area contributed by atoms with E-state index in [9.17, 15) is 4.79 Å². The van der Waals surface area contributed by atoms with Gasteiger partial charge in [-0.15, -0.1) is 0 Å². The van der Waals surface area contributed by atoms with E-state index < -0.39 is 6.16 Å². The molecule has 0 atom stereocenters. The fourth-order valence-corrected chi connectivity index (χ4v) is 1.08. The summed E-state index contributed by atoms with van der Waals surface area (Å²) in [5, 5.41) is 17.2. The van der Waals surface area contributed by atoms with Crippen LogP contribution in [0.5, 0.6) is 5.75 Å². The number of carbonyl (C=O) groups is 1. The molecule has 0 amide bonds. The zero-order chi connectivity index (χ0) is 9.84. The summed E-state index contributed by atoms with van der Waals surface area (Å²) in [6.45, 7) is 1.67. The van der Waals surface area contributed by atoms with Gasteiger partial charge in [-0.2, -0.15) is 0 Å². The summed E-state index contributed by atoms with van der Waals surface area (Å²) < 4.78 is 4.44. The lowest BCUT2D eigenvalue weighted by molar-refractivity contribution is 0.144. The number of aliphatic hydroxyl groups is 1. The van der Waals surface area contributed by atoms with E-state index in [0.717, 1.165) is 5.56 Å². The zero-order valence-electron chi connectivity index (χ0n) is 7.15. The molecule has 70 valence electrons. The van der Waals surface area contributed by atoms with Gasteiger partial charge in [0.25, 0.3) is 0 Å². The highest BCUT2D eigenvalue weighted by atomic mass is 16.7. The van der Waals surface area contributed by atoms with Gasteiger partial charge < -0.3 is 14.9 Å². The SMILES string of the molecule is Cc1cc(CO)cc(OC(=O)O)c1. The molecule has 2 N–H and O–H groups in total. The van der Waals surface area contributed by atoms with E-state index in [1.165, 1.54) is 6.07 Å². The number of rotatable bonds is 2. The normalized spacial score (nSPS) is 9.69. The first kappa shape index (κ1) is 9.54. The maximum absolute atomic E-state index is 10.2. The molecular weight excluding hydrogens is 172 g/mol. The molecule has 0 bridgehead atoms. The summed E-state index contributed by atoms with van der Waals surface area (Å²) in [5.41, 5.74) is 1.49. The van der Waals surface area contributed by atoms with E-state index in [4.69, 9.17) is 10.2 Å². The standard InChI is InChI=1S/C9H10O4/c1-6-2-7(5-10)4-8(3-6)13-9(11)12/h2-4,10H,5H2,1H3,(H,11,12). The molecule has 13 heavy (non-hydrogen) atoms. The second-order valence-corrected chi connectivity index (χ2v) is 2.68. The van der Waals surface area contributed by atoms with Gasteiger partial charge >= 0.3 is 6.16 Å². The molecule has 0 heterocycles. The van der Waals surface area contributed by atoms with Crippen molar-refractivity contribution in [2.45, 2.75) is 13.5 Å². The highest BCUT2D eigenvalue weighted by molar-refractivity contribution is 5.61. The second-order valence-electron chi connectivity index (χ2n) is 2.68. The van der Waals surface area contributed by atoms with Crippen molar-refractivity contribution in [2.24, 2.45) is 0 Å². The van der Waals surface area contributed by atoms with Gasteiger partial charge in [0.15, 0.2) is 0 Å². The number of ether oxygens (including phenoxy) is 1. The van der Waals surface area contributed by atoms with Gasteiger partial charge in [-0.25, -0.2) is 4.79 Å². The fraction of sp³-hybridized carbons (Fsp3) is 0.222. The van der Waals surface area contributed by atoms with Crippen molar-refractivity contribution in [3.63, 3.8) is 0 Å². The maximum atomic E-state index is 10.2. The molecule has 0 aliphatic carbocycles. The third kappa shape index (κ3) is 2.76. The molecule has 0 saturated heterocycles. The van der Waals surface area contributed by atoms with Gasteiger partial charge in [0, 0.05) is 0 Å². The predicted molar refractivity (Wildman–Crippen MR) is 45.8 cm³/mol. The Hall–Kier alpha value is -1.55. The van der Waals surface area contributed by atoms with E-state index in [1.807, 2.05) is 0 Å². The minimum absolute atomic E-state index is 0.127. The number of aryl methyl sites for hydroxylation is 1. The summed E-state index contributed by atoms with van der Waals surface area (Å²) in [4.78, 5) is 10.2. The average molecular weight is 182 g/mol. The van der Waals surface area contributed by atoms with Crippen LogP contribution in [-0.2, 0) is 6.61 Å². The van der Waals surface area contributed by atoms with E-state index in [-0.39, 0.29) is 12.4 Å². The minimum atomic E-state index is -1.35. The Morgan fingerprint density at radius 1 is 1.46 bits per heavy atom. The largest absolute Gasteiger partial charge is 0.511 e. The third-order valence-electron chi connectivity index (χ3n) is 1.50. The molecule has 1 aromatic carbocycles. The molecule has 0 unspecified atom stereocenters. The maximum Gasteiger partial charge on any atom is 0.511 e. The van der Waals surface area contributed by atoms with Crippen LogP contribution >= 0.6 is 0 Å². The molecule has 1 aromatic rings. The summed E-state index contributed by atoms with van der Waals surface area (Å²) in [5.74, 6) is 0.233. The van der Waals surface area contributed by atoms with Crippen molar-refractivity contribution in [3.05, 3.63) is 29.3 Å². The Bertz CT molecular complexity index is 319.